The van der Waals surface area contributed by atoms with E-state index in [1.54, 1.807) is 0 Å². The highest BCUT2D eigenvalue weighted by atomic mass is 16.5. The van der Waals surface area contributed by atoms with E-state index in [9.17, 15) is 0 Å². The summed E-state index contributed by atoms with van der Waals surface area (Å²) in [6.07, 6.45) is 4.95. The molecule has 1 saturated heterocycles. The zero-order valence-electron chi connectivity index (χ0n) is 11.9. The molecule has 0 aromatic heterocycles. The molecule has 1 aliphatic rings. The lowest BCUT2D eigenvalue weighted by atomic mass is 9.83. The molecule has 0 radical (unpaired) electrons. The highest BCUT2D eigenvalue weighted by molar-refractivity contribution is 4.94. The third-order valence-electron chi connectivity index (χ3n) is 4.03. The van der Waals surface area contributed by atoms with E-state index in [-0.39, 0.29) is 11.2 Å². The van der Waals surface area contributed by atoms with Crippen LogP contribution in [0.15, 0.2) is 0 Å². The number of rotatable bonds is 5. The average Bonchev–Trinajstić information content (AvgIpc) is 2.36. The van der Waals surface area contributed by atoms with E-state index in [2.05, 4.69) is 47.0 Å². The van der Waals surface area contributed by atoms with Crippen LogP contribution < -0.4 is 5.32 Å². The maximum Gasteiger partial charge on any atom is 0.0662 e. The number of ether oxygens (including phenoxy) is 1. The molecule has 0 aromatic rings. The maximum atomic E-state index is 6.13. The quantitative estimate of drug-likeness (QED) is 0.777. The Balaban J connectivity index is 2.48. The highest BCUT2D eigenvalue weighted by Gasteiger charge is 2.45. The molecule has 0 bridgehead atoms. The lowest BCUT2D eigenvalue weighted by Crippen LogP contribution is -2.31. The van der Waals surface area contributed by atoms with Gasteiger partial charge in [-0.15, -0.1) is 0 Å². The molecule has 2 nitrogen and oxygen atoms in total. The van der Waals surface area contributed by atoms with Crippen LogP contribution >= 0.6 is 0 Å². The molecule has 0 spiro atoms. The van der Waals surface area contributed by atoms with Crippen LogP contribution in [0.3, 0.4) is 0 Å². The Morgan fingerprint density at radius 2 is 1.94 bits per heavy atom. The summed E-state index contributed by atoms with van der Waals surface area (Å²) >= 11 is 0. The van der Waals surface area contributed by atoms with Crippen molar-refractivity contribution in [2.45, 2.75) is 77.5 Å². The fourth-order valence-corrected chi connectivity index (χ4v) is 3.08. The van der Waals surface area contributed by atoms with Crippen molar-refractivity contribution in [2.24, 2.45) is 5.92 Å². The van der Waals surface area contributed by atoms with E-state index < -0.39 is 0 Å². The van der Waals surface area contributed by atoms with Crippen LogP contribution in [0.2, 0.25) is 0 Å². The Morgan fingerprint density at radius 1 is 1.31 bits per heavy atom. The van der Waals surface area contributed by atoms with Gasteiger partial charge in [0.1, 0.15) is 0 Å². The molecule has 0 aliphatic carbocycles. The van der Waals surface area contributed by atoms with Gasteiger partial charge in [0.15, 0.2) is 0 Å². The second-order valence-corrected chi connectivity index (χ2v) is 6.34. The first-order valence-electron chi connectivity index (χ1n) is 6.68. The summed E-state index contributed by atoms with van der Waals surface area (Å²) in [5.41, 5.74) is 0.116. The molecular weight excluding hydrogens is 198 g/mol. The molecule has 1 aliphatic heterocycles. The SMILES string of the molecule is CCC(CCC1CC(C)(C)OC1(C)C)NC. The van der Waals surface area contributed by atoms with Crippen molar-refractivity contribution in [3.8, 4) is 0 Å². The van der Waals surface area contributed by atoms with Gasteiger partial charge in [-0.1, -0.05) is 6.92 Å². The van der Waals surface area contributed by atoms with Crippen LogP contribution in [-0.2, 0) is 4.74 Å². The van der Waals surface area contributed by atoms with Crippen molar-refractivity contribution < 1.29 is 4.74 Å². The predicted octanol–water partition coefficient (Wildman–Crippen LogP) is 3.36. The first kappa shape index (κ1) is 14.0. The lowest BCUT2D eigenvalue weighted by molar-refractivity contribution is -0.0754. The number of hydrogen-bond acceptors (Lipinski definition) is 2. The topological polar surface area (TPSA) is 21.3 Å². The third kappa shape index (κ3) is 3.46. The first-order valence-corrected chi connectivity index (χ1v) is 6.68. The molecule has 1 N–H and O–H groups in total. The third-order valence-corrected chi connectivity index (χ3v) is 4.03. The molecule has 1 fully saturated rings. The molecule has 2 unspecified atom stereocenters. The maximum absolute atomic E-state index is 6.13. The molecule has 16 heavy (non-hydrogen) atoms. The van der Waals surface area contributed by atoms with Crippen molar-refractivity contribution in [1.29, 1.82) is 0 Å². The minimum atomic E-state index is 0.0511. The van der Waals surface area contributed by atoms with Gasteiger partial charge in [-0.3, -0.25) is 0 Å². The molecule has 2 atom stereocenters. The van der Waals surface area contributed by atoms with Gasteiger partial charge >= 0.3 is 0 Å². The Hall–Kier alpha value is -0.0800. The van der Waals surface area contributed by atoms with E-state index in [1.165, 1.54) is 25.7 Å². The monoisotopic (exact) mass is 227 g/mol. The van der Waals surface area contributed by atoms with Crippen LogP contribution in [0.25, 0.3) is 0 Å². The average molecular weight is 227 g/mol. The van der Waals surface area contributed by atoms with Gasteiger partial charge in [0.2, 0.25) is 0 Å². The van der Waals surface area contributed by atoms with Crippen molar-refractivity contribution in [3.63, 3.8) is 0 Å². The summed E-state index contributed by atoms with van der Waals surface area (Å²) in [6, 6.07) is 0.666. The van der Waals surface area contributed by atoms with Gasteiger partial charge < -0.3 is 10.1 Å². The summed E-state index contributed by atoms with van der Waals surface area (Å²) < 4.78 is 6.13. The van der Waals surface area contributed by atoms with Crippen LogP contribution in [-0.4, -0.2) is 24.3 Å². The van der Waals surface area contributed by atoms with Gasteiger partial charge in [0.05, 0.1) is 11.2 Å². The standard InChI is InChI=1S/C14H29NO/c1-7-12(15-6)9-8-11-10-13(2,3)16-14(11,4)5/h11-12,15H,7-10H2,1-6H3. The molecule has 1 rings (SSSR count). The lowest BCUT2D eigenvalue weighted by Gasteiger charge is -2.28. The van der Waals surface area contributed by atoms with E-state index >= 15 is 0 Å². The second-order valence-electron chi connectivity index (χ2n) is 6.34. The second kappa shape index (κ2) is 5.05. The number of hydrogen-bond donors (Lipinski definition) is 1. The molecule has 1 heterocycles. The summed E-state index contributed by atoms with van der Waals surface area (Å²) in [6.45, 7) is 11.2. The van der Waals surface area contributed by atoms with Gasteiger partial charge in [-0.05, 0) is 66.3 Å². The van der Waals surface area contributed by atoms with Gasteiger partial charge in [-0.2, -0.15) is 0 Å². The first-order chi connectivity index (χ1) is 7.30. The fourth-order valence-electron chi connectivity index (χ4n) is 3.08. The molecular formula is C14H29NO. The normalized spacial score (nSPS) is 29.2. The fraction of sp³-hybridized carbons (Fsp3) is 1.00. The number of nitrogens with one attached hydrogen (secondary N) is 1. The molecule has 0 amide bonds. The van der Waals surface area contributed by atoms with E-state index in [1.807, 2.05) is 0 Å². The Labute approximate surface area is 101 Å². The minimum absolute atomic E-state index is 0.0511. The van der Waals surface area contributed by atoms with E-state index in [0.29, 0.717) is 12.0 Å². The van der Waals surface area contributed by atoms with Crippen LogP contribution in [0.4, 0.5) is 0 Å². The summed E-state index contributed by atoms with van der Waals surface area (Å²) in [4.78, 5) is 0. The van der Waals surface area contributed by atoms with Gasteiger partial charge in [-0.25, -0.2) is 0 Å². The smallest absolute Gasteiger partial charge is 0.0662 e. The van der Waals surface area contributed by atoms with Crippen LogP contribution in [0.1, 0.15) is 60.3 Å². The zero-order valence-corrected chi connectivity index (χ0v) is 11.9. The Bertz CT molecular complexity index is 219. The predicted molar refractivity (Wildman–Crippen MR) is 69.7 cm³/mol. The van der Waals surface area contributed by atoms with Crippen molar-refractivity contribution >= 4 is 0 Å². The Kier molecular flexibility index (Phi) is 4.42. The summed E-state index contributed by atoms with van der Waals surface area (Å²) in [5.74, 6) is 0.699. The molecule has 96 valence electrons. The molecule has 0 saturated carbocycles. The van der Waals surface area contributed by atoms with Crippen LogP contribution in [0, 0.1) is 5.92 Å². The Morgan fingerprint density at radius 3 is 2.31 bits per heavy atom. The zero-order chi connectivity index (χ0) is 12.4. The molecule has 2 heteroatoms. The van der Waals surface area contributed by atoms with E-state index in [0.717, 1.165) is 0 Å². The van der Waals surface area contributed by atoms with Crippen LogP contribution in [0.5, 0.6) is 0 Å². The van der Waals surface area contributed by atoms with E-state index in [4.69, 9.17) is 4.74 Å². The molecule has 0 aromatic carbocycles. The van der Waals surface area contributed by atoms with Crippen molar-refractivity contribution in [1.82, 2.24) is 5.32 Å². The van der Waals surface area contributed by atoms with Gasteiger partial charge in [0.25, 0.3) is 0 Å². The summed E-state index contributed by atoms with van der Waals surface area (Å²) in [7, 11) is 2.06. The summed E-state index contributed by atoms with van der Waals surface area (Å²) in [5, 5.41) is 3.38. The highest BCUT2D eigenvalue weighted by Crippen LogP contribution is 2.44. The van der Waals surface area contributed by atoms with Gasteiger partial charge in [0, 0.05) is 6.04 Å². The van der Waals surface area contributed by atoms with Crippen molar-refractivity contribution in [3.05, 3.63) is 0 Å². The minimum Gasteiger partial charge on any atom is -0.369 e. The van der Waals surface area contributed by atoms with Crippen molar-refractivity contribution in [2.75, 3.05) is 7.05 Å². The largest absolute Gasteiger partial charge is 0.369 e.